The van der Waals surface area contributed by atoms with Crippen LogP contribution in [0.5, 0.6) is 0 Å². The molecule has 0 aromatic carbocycles. The minimum absolute atomic E-state index is 0.0760. The standard InChI is InChI=1S/C18H22BrN3O4S.C2H2O4/c19-17-8-7-16(26-17)18(23)21(14-15-6-2-3-9-20-15)12-13-27(24,25)22-10-4-1-5-11-22;3-1(4)2(5)6/h2-3,6-9H,1,4-5,10-14H2;(H,3,4)(H,5,6). The molecule has 0 aliphatic carbocycles. The lowest BCUT2D eigenvalue weighted by molar-refractivity contribution is -0.159. The van der Waals surface area contributed by atoms with Crippen molar-refractivity contribution in [2.24, 2.45) is 0 Å². The van der Waals surface area contributed by atoms with E-state index in [0.29, 0.717) is 23.5 Å². The fourth-order valence-electron chi connectivity index (χ4n) is 3.02. The lowest BCUT2D eigenvalue weighted by Gasteiger charge is -2.27. The van der Waals surface area contributed by atoms with Gasteiger partial charge in [0.25, 0.3) is 5.91 Å². The monoisotopic (exact) mass is 545 g/mol. The number of nitrogens with zero attached hydrogens (tertiary/aromatic N) is 3. The molecule has 1 aliphatic rings. The Hall–Kier alpha value is -2.77. The van der Waals surface area contributed by atoms with Crippen LogP contribution in [0.15, 0.2) is 45.6 Å². The number of amides is 1. The summed E-state index contributed by atoms with van der Waals surface area (Å²) in [4.78, 5) is 36.7. The molecule has 0 spiro atoms. The fraction of sp³-hybridized carbons (Fsp3) is 0.400. The fourth-order valence-corrected chi connectivity index (χ4v) is 4.85. The highest BCUT2D eigenvalue weighted by atomic mass is 79.9. The van der Waals surface area contributed by atoms with Crippen LogP contribution in [0.25, 0.3) is 0 Å². The maximum atomic E-state index is 12.8. The molecule has 1 aliphatic heterocycles. The maximum absolute atomic E-state index is 12.8. The highest BCUT2D eigenvalue weighted by Gasteiger charge is 2.27. The number of sulfonamides is 1. The largest absolute Gasteiger partial charge is 0.473 e. The van der Waals surface area contributed by atoms with Gasteiger partial charge in [0.15, 0.2) is 10.4 Å². The Balaban J connectivity index is 0.000000569. The summed E-state index contributed by atoms with van der Waals surface area (Å²) >= 11 is 3.19. The van der Waals surface area contributed by atoms with E-state index in [9.17, 15) is 13.2 Å². The Morgan fingerprint density at radius 3 is 2.24 bits per heavy atom. The highest BCUT2D eigenvalue weighted by Crippen LogP contribution is 2.18. The smallest absolute Gasteiger partial charge is 0.414 e. The molecule has 0 unspecified atom stereocenters. The van der Waals surface area contributed by atoms with Gasteiger partial charge in [0.2, 0.25) is 10.0 Å². The number of furan rings is 1. The van der Waals surface area contributed by atoms with E-state index in [0.717, 1.165) is 19.3 Å². The van der Waals surface area contributed by atoms with Crippen molar-refractivity contribution in [1.82, 2.24) is 14.2 Å². The van der Waals surface area contributed by atoms with E-state index in [1.807, 2.05) is 6.07 Å². The number of hydrogen-bond donors (Lipinski definition) is 2. The van der Waals surface area contributed by atoms with Crippen molar-refractivity contribution in [3.05, 3.63) is 52.7 Å². The van der Waals surface area contributed by atoms with Crippen LogP contribution < -0.4 is 0 Å². The van der Waals surface area contributed by atoms with Gasteiger partial charge in [-0.2, -0.15) is 0 Å². The van der Waals surface area contributed by atoms with Gasteiger partial charge in [-0.25, -0.2) is 22.3 Å². The number of carbonyl (C=O) groups excluding carboxylic acids is 1. The highest BCUT2D eigenvalue weighted by molar-refractivity contribution is 9.10. The van der Waals surface area contributed by atoms with Gasteiger partial charge in [-0.1, -0.05) is 12.5 Å². The summed E-state index contributed by atoms with van der Waals surface area (Å²) in [5.41, 5.74) is 0.687. The third-order valence-corrected chi connectivity index (χ3v) is 6.94. The van der Waals surface area contributed by atoms with Crippen LogP contribution in [0.2, 0.25) is 0 Å². The van der Waals surface area contributed by atoms with Crippen molar-refractivity contribution in [2.45, 2.75) is 25.8 Å². The van der Waals surface area contributed by atoms with Crippen molar-refractivity contribution in [3.8, 4) is 0 Å². The molecule has 1 fully saturated rings. The average molecular weight is 546 g/mol. The zero-order chi connectivity index (χ0) is 24.4. The first-order chi connectivity index (χ1) is 15.6. The average Bonchev–Trinajstić information content (AvgIpc) is 3.24. The molecule has 0 saturated carbocycles. The predicted octanol–water partition coefficient (Wildman–Crippen LogP) is 2.05. The Bertz CT molecular complexity index is 1040. The normalized spacial score (nSPS) is 14.1. The van der Waals surface area contributed by atoms with Gasteiger partial charge < -0.3 is 19.5 Å². The molecule has 2 N–H and O–H groups in total. The van der Waals surface area contributed by atoms with E-state index in [-0.39, 0.29) is 30.5 Å². The molecule has 1 saturated heterocycles. The van der Waals surface area contributed by atoms with Gasteiger partial charge in [-0.05, 0) is 53.0 Å². The molecule has 3 rings (SSSR count). The van der Waals surface area contributed by atoms with Gasteiger partial charge in [0.05, 0.1) is 18.0 Å². The van der Waals surface area contributed by atoms with E-state index in [4.69, 9.17) is 24.2 Å². The molecule has 33 heavy (non-hydrogen) atoms. The summed E-state index contributed by atoms with van der Waals surface area (Å²) in [6.45, 7) is 1.41. The van der Waals surface area contributed by atoms with Crippen molar-refractivity contribution in [2.75, 3.05) is 25.4 Å². The van der Waals surface area contributed by atoms with Gasteiger partial charge >= 0.3 is 11.9 Å². The van der Waals surface area contributed by atoms with E-state index in [1.54, 1.807) is 30.5 Å². The van der Waals surface area contributed by atoms with Crippen LogP contribution in [0.4, 0.5) is 0 Å². The van der Waals surface area contributed by atoms with E-state index in [1.165, 1.54) is 9.21 Å². The SMILES string of the molecule is O=C(O)C(=O)O.O=C(c1ccc(Br)o1)N(CCS(=O)(=O)N1CCCCC1)Cc1ccccn1. The lowest BCUT2D eigenvalue weighted by atomic mass is 10.2. The van der Waals surface area contributed by atoms with Crippen molar-refractivity contribution in [3.63, 3.8) is 0 Å². The first-order valence-electron chi connectivity index (χ1n) is 9.98. The molecule has 0 atom stereocenters. The van der Waals surface area contributed by atoms with Crippen LogP contribution in [0.1, 0.15) is 35.5 Å². The number of carboxylic acid groups (broad SMARTS) is 2. The van der Waals surface area contributed by atoms with Crippen LogP contribution in [0.3, 0.4) is 0 Å². The van der Waals surface area contributed by atoms with E-state index in [2.05, 4.69) is 20.9 Å². The quantitative estimate of drug-likeness (QED) is 0.496. The number of rotatable bonds is 7. The second-order valence-electron chi connectivity index (χ2n) is 7.04. The molecule has 0 radical (unpaired) electrons. The molecule has 1 amide bonds. The predicted molar refractivity (Wildman–Crippen MR) is 120 cm³/mol. The first-order valence-corrected chi connectivity index (χ1v) is 12.4. The summed E-state index contributed by atoms with van der Waals surface area (Å²) < 4.78 is 32.6. The molecule has 2 aromatic heterocycles. The third kappa shape index (κ3) is 8.59. The number of aliphatic carboxylic acids is 2. The Labute approximate surface area is 199 Å². The number of hydrogen-bond acceptors (Lipinski definition) is 7. The first kappa shape index (κ1) is 26.5. The number of pyridine rings is 1. The van der Waals surface area contributed by atoms with Crippen LogP contribution in [-0.2, 0) is 26.2 Å². The third-order valence-electron chi connectivity index (χ3n) is 4.66. The number of halogens is 1. The second-order valence-corrected chi connectivity index (χ2v) is 9.91. The van der Waals surface area contributed by atoms with Gasteiger partial charge in [0, 0.05) is 25.8 Å². The van der Waals surface area contributed by atoms with Gasteiger partial charge in [0.1, 0.15) is 0 Å². The zero-order valence-electron chi connectivity index (χ0n) is 17.6. The number of carbonyl (C=O) groups is 3. The van der Waals surface area contributed by atoms with E-state index < -0.39 is 22.0 Å². The van der Waals surface area contributed by atoms with Gasteiger partial charge in [-0.3, -0.25) is 9.78 Å². The summed E-state index contributed by atoms with van der Waals surface area (Å²) in [6, 6.07) is 8.63. The topological polar surface area (TPSA) is 158 Å². The van der Waals surface area contributed by atoms with Crippen molar-refractivity contribution in [1.29, 1.82) is 0 Å². The van der Waals surface area contributed by atoms with Crippen LogP contribution >= 0.6 is 15.9 Å². The molecule has 13 heteroatoms. The minimum Gasteiger partial charge on any atom is -0.473 e. The summed E-state index contributed by atoms with van der Waals surface area (Å²) in [6.07, 6.45) is 4.47. The van der Waals surface area contributed by atoms with Crippen LogP contribution in [-0.4, -0.2) is 76.1 Å². The number of piperidine rings is 1. The molecule has 11 nitrogen and oxygen atoms in total. The molecule has 2 aromatic rings. The molecular weight excluding hydrogens is 522 g/mol. The molecule has 0 bridgehead atoms. The zero-order valence-corrected chi connectivity index (χ0v) is 20.0. The van der Waals surface area contributed by atoms with E-state index >= 15 is 0 Å². The number of aromatic nitrogens is 1. The lowest BCUT2D eigenvalue weighted by Crippen LogP contribution is -2.41. The molecule has 3 heterocycles. The Morgan fingerprint density at radius 2 is 1.73 bits per heavy atom. The minimum atomic E-state index is -3.40. The number of carboxylic acids is 2. The molecule has 180 valence electrons. The summed E-state index contributed by atoms with van der Waals surface area (Å²) in [5.74, 6) is -3.97. The molecular formula is C20H24BrN3O8S. The Morgan fingerprint density at radius 1 is 1.06 bits per heavy atom. The van der Waals surface area contributed by atoms with Crippen molar-refractivity contribution >= 4 is 43.8 Å². The van der Waals surface area contributed by atoms with Crippen molar-refractivity contribution < 1.29 is 37.4 Å². The second kappa shape index (κ2) is 12.5. The van der Waals surface area contributed by atoms with Crippen LogP contribution in [0, 0.1) is 0 Å². The summed E-state index contributed by atoms with van der Waals surface area (Å²) in [5, 5.41) is 14.8. The maximum Gasteiger partial charge on any atom is 0.414 e. The summed E-state index contributed by atoms with van der Waals surface area (Å²) in [7, 11) is -3.40. The van der Waals surface area contributed by atoms with Gasteiger partial charge in [-0.15, -0.1) is 0 Å². The Kier molecular flexibility index (Phi) is 10.0.